The van der Waals surface area contributed by atoms with Gasteiger partial charge in [0.15, 0.2) is 0 Å². The van der Waals surface area contributed by atoms with E-state index in [-0.39, 0.29) is 44.6 Å². The van der Waals surface area contributed by atoms with Crippen LogP contribution >= 0.6 is 0 Å². The van der Waals surface area contributed by atoms with Gasteiger partial charge in [0.1, 0.15) is 5.58 Å². The molecular weight excluding hydrogens is 787 g/mol. The lowest BCUT2D eigenvalue weighted by Gasteiger charge is -2.45. The smallest absolute Gasteiger partial charge is 0.297 e. The molecule has 6 aromatic rings. The number of nitrogens with zero attached hydrogens (tertiary/aromatic N) is 2. The molecule has 332 valence electrons. The van der Waals surface area contributed by atoms with Crippen LogP contribution in [0.2, 0.25) is 0 Å². The van der Waals surface area contributed by atoms with Crippen LogP contribution in [0.15, 0.2) is 83.3 Å². The predicted molar refractivity (Wildman–Crippen MR) is 275 cm³/mol. The molecule has 0 N–H and O–H groups in total. The average molecular weight is 857 g/mol. The molecular formula is C61H69BN2O. The van der Waals surface area contributed by atoms with Gasteiger partial charge in [0, 0.05) is 33.8 Å². The van der Waals surface area contributed by atoms with Crippen LogP contribution in [0, 0.1) is 0 Å². The lowest BCUT2D eigenvalue weighted by Crippen LogP contribution is -2.61. The van der Waals surface area contributed by atoms with E-state index in [4.69, 9.17) is 4.42 Å². The molecule has 2 aliphatic heterocycles. The van der Waals surface area contributed by atoms with Crippen molar-refractivity contribution in [1.29, 1.82) is 0 Å². The minimum absolute atomic E-state index is 0.0552. The fourth-order valence-corrected chi connectivity index (χ4v) is 15.4. The monoisotopic (exact) mass is 857 g/mol. The maximum Gasteiger partial charge on any atom is 0.297 e. The Morgan fingerprint density at radius 3 is 1.68 bits per heavy atom. The molecule has 2 saturated carbocycles. The molecule has 0 spiro atoms. The highest BCUT2D eigenvalue weighted by molar-refractivity contribution is 7.00. The van der Waals surface area contributed by atoms with Crippen molar-refractivity contribution in [1.82, 2.24) is 0 Å². The van der Waals surface area contributed by atoms with Crippen LogP contribution in [-0.4, -0.2) is 6.71 Å². The summed E-state index contributed by atoms with van der Waals surface area (Å²) in [6.07, 6.45) is 9.89. The fraction of sp³-hybridized carbons (Fsp3) is 0.475. The van der Waals surface area contributed by atoms with E-state index in [1.54, 1.807) is 16.7 Å². The van der Waals surface area contributed by atoms with E-state index in [1.165, 1.54) is 130 Å². The summed E-state index contributed by atoms with van der Waals surface area (Å²) >= 11 is 0. The van der Waals surface area contributed by atoms with Gasteiger partial charge < -0.3 is 14.2 Å². The number of hydrogen-bond donors (Lipinski definition) is 0. The van der Waals surface area contributed by atoms with E-state index in [9.17, 15) is 0 Å². The van der Waals surface area contributed by atoms with Crippen molar-refractivity contribution in [3.8, 4) is 0 Å². The van der Waals surface area contributed by atoms with Crippen molar-refractivity contribution in [2.24, 2.45) is 0 Å². The summed E-state index contributed by atoms with van der Waals surface area (Å²) in [5.74, 6) is 0.465. The summed E-state index contributed by atoms with van der Waals surface area (Å²) in [5.41, 5.74) is 25.4. The van der Waals surface area contributed by atoms with Gasteiger partial charge in [-0.2, -0.15) is 0 Å². The molecule has 3 nitrogen and oxygen atoms in total. The van der Waals surface area contributed by atoms with Crippen LogP contribution in [0.5, 0.6) is 0 Å². The van der Waals surface area contributed by atoms with E-state index in [0.717, 1.165) is 11.2 Å². The molecule has 4 heteroatoms. The first kappa shape index (κ1) is 40.6. The SMILES string of the molecule is CC(C)c1ccc(N2c3cc4c(cc3B3c5oc6cc7c(cc6c5N(c5ccc6c(c5)C(C)(C)CCC6(C)C)c5cc(C(C)(C)C)cc2c53)C2(C)CCC7(C)C2)C2(C)CCC4(C)C2)cc1. The number of anilines is 6. The van der Waals surface area contributed by atoms with Crippen LogP contribution in [0.25, 0.3) is 11.0 Å². The average Bonchev–Trinajstić information content (AvgIpc) is 4.00. The molecule has 65 heavy (non-hydrogen) atoms. The summed E-state index contributed by atoms with van der Waals surface area (Å²) in [6, 6.07) is 32.7. The minimum atomic E-state index is -0.0933. The van der Waals surface area contributed by atoms with Crippen LogP contribution in [0.3, 0.4) is 0 Å². The van der Waals surface area contributed by atoms with Gasteiger partial charge in [-0.1, -0.05) is 114 Å². The number of fused-ring (bicyclic) bond motifs is 17. The van der Waals surface area contributed by atoms with Crippen molar-refractivity contribution < 1.29 is 4.42 Å². The molecule has 1 aromatic heterocycles. The van der Waals surface area contributed by atoms with Crippen LogP contribution in [0.4, 0.5) is 34.1 Å². The van der Waals surface area contributed by atoms with Gasteiger partial charge in [0.05, 0.1) is 11.3 Å². The molecule has 2 fully saturated rings. The first-order valence-electron chi connectivity index (χ1n) is 25.4. The summed E-state index contributed by atoms with van der Waals surface area (Å²) in [5, 5.41) is 1.27. The Morgan fingerprint density at radius 1 is 0.538 bits per heavy atom. The van der Waals surface area contributed by atoms with Gasteiger partial charge in [-0.25, -0.2) is 0 Å². The lowest BCUT2D eigenvalue weighted by atomic mass is 9.35. The minimum Gasteiger partial charge on any atom is -0.468 e. The molecule has 3 heterocycles. The second-order valence-corrected chi connectivity index (χ2v) is 26.3. The van der Waals surface area contributed by atoms with Crippen molar-refractivity contribution in [3.05, 3.63) is 123 Å². The van der Waals surface area contributed by atoms with Gasteiger partial charge >= 0.3 is 0 Å². The van der Waals surface area contributed by atoms with E-state index < -0.39 is 0 Å². The number of rotatable bonds is 3. The van der Waals surface area contributed by atoms with E-state index in [1.807, 2.05) is 0 Å². The fourth-order valence-electron chi connectivity index (χ4n) is 15.4. The zero-order valence-electron chi connectivity index (χ0n) is 41.6. The summed E-state index contributed by atoms with van der Waals surface area (Å²) in [7, 11) is 0. The first-order valence-corrected chi connectivity index (χ1v) is 25.4. The van der Waals surface area contributed by atoms with E-state index in [0.29, 0.717) is 5.92 Å². The van der Waals surface area contributed by atoms with Crippen LogP contribution < -0.4 is 26.4 Å². The summed E-state index contributed by atoms with van der Waals surface area (Å²) in [4.78, 5) is 5.36. The highest BCUT2D eigenvalue weighted by atomic mass is 16.3. The molecule has 0 amide bonds. The quantitative estimate of drug-likeness (QED) is 0.165. The third-order valence-electron chi connectivity index (χ3n) is 19.3. The molecule has 0 radical (unpaired) electrons. The van der Waals surface area contributed by atoms with Crippen molar-refractivity contribution in [2.45, 2.75) is 185 Å². The second kappa shape index (κ2) is 12.2. The summed E-state index contributed by atoms with van der Waals surface area (Å²) in [6.45, 7) is 31.8. The Bertz CT molecular complexity index is 3100. The highest BCUT2D eigenvalue weighted by Gasteiger charge is 2.57. The second-order valence-electron chi connectivity index (χ2n) is 26.3. The Hall–Kier alpha value is -4.70. The first-order chi connectivity index (χ1) is 30.5. The van der Waals surface area contributed by atoms with Gasteiger partial charge in [-0.3, -0.25) is 0 Å². The molecule has 4 atom stereocenters. The number of benzene rings is 5. The molecule has 5 aromatic carbocycles. The van der Waals surface area contributed by atoms with Crippen molar-refractivity contribution >= 4 is 68.4 Å². The Morgan fingerprint density at radius 2 is 1.08 bits per heavy atom. The molecule has 0 saturated heterocycles. The number of furan rings is 1. The Balaban J connectivity index is 1.17. The molecule has 13 rings (SSSR count). The third kappa shape index (κ3) is 5.21. The van der Waals surface area contributed by atoms with Gasteiger partial charge in [-0.05, 0) is 205 Å². The molecule has 4 unspecified atom stereocenters. The standard InChI is InChI=1S/C61H69BN2O/c1-35(2)36-14-16-38(17-15-36)63-48-31-45-44(59(11)23-24-60(45,12)34-59)30-47(48)62-52-49(63)26-37(55(3,4)5)27-50(52)64(39-18-19-41-42(28-39)57(8,9)21-20-56(41,6)7)53-40-29-43-46(32-51(40)65-54(53)62)61(13)25-22-58(43,10)33-61/h14-19,26-32,35H,20-25,33-34H2,1-13H3. The zero-order valence-corrected chi connectivity index (χ0v) is 41.6. The van der Waals surface area contributed by atoms with Crippen molar-refractivity contribution in [3.63, 3.8) is 0 Å². The number of hydrogen-bond acceptors (Lipinski definition) is 3. The lowest BCUT2D eigenvalue weighted by molar-refractivity contribution is 0.332. The zero-order chi connectivity index (χ0) is 45.3. The Kier molecular flexibility index (Phi) is 7.64. The topological polar surface area (TPSA) is 19.6 Å². The normalized spacial score (nSPS) is 28.1. The summed E-state index contributed by atoms with van der Waals surface area (Å²) < 4.78 is 7.69. The molecule has 5 aliphatic carbocycles. The van der Waals surface area contributed by atoms with Crippen molar-refractivity contribution in [2.75, 3.05) is 9.80 Å². The van der Waals surface area contributed by atoms with E-state index in [2.05, 4.69) is 179 Å². The van der Waals surface area contributed by atoms with Crippen LogP contribution in [0.1, 0.15) is 192 Å². The maximum atomic E-state index is 7.69. The predicted octanol–water partition coefficient (Wildman–Crippen LogP) is 14.7. The van der Waals surface area contributed by atoms with Gasteiger partial charge in [0.25, 0.3) is 6.71 Å². The largest absolute Gasteiger partial charge is 0.468 e. The van der Waals surface area contributed by atoms with Gasteiger partial charge in [-0.15, -0.1) is 0 Å². The highest BCUT2D eigenvalue weighted by Crippen LogP contribution is 2.63. The molecule has 4 bridgehead atoms. The Labute approximate surface area is 389 Å². The van der Waals surface area contributed by atoms with E-state index >= 15 is 0 Å². The van der Waals surface area contributed by atoms with Crippen LogP contribution in [-0.2, 0) is 37.9 Å². The third-order valence-corrected chi connectivity index (χ3v) is 19.3. The maximum absolute atomic E-state index is 7.69. The van der Waals surface area contributed by atoms with Gasteiger partial charge in [0.2, 0.25) is 0 Å². The molecule has 7 aliphatic rings.